The highest BCUT2D eigenvalue weighted by atomic mass is 32.2. The monoisotopic (exact) mass is 479 g/mol. The van der Waals surface area contributed by atoms with Crippen LogP contribution >= 0.6 is 0 Å². The van der Waals surface area contributed by atoms with Gasteiger partial charge in [-0.05, 0) is 48.9 Å². The molecule has 3 aromatic carbocycles. The maximum atomic E-state index is 13.7. The Bertz CT molecular complexity index is 1710. The van der Waals surface area contributed by atoms with Gasteiger partial charge in [0.1, 0.15) is 5.75 Å². The number of pyridine rings is 1. The summed E-state index contributed by atoms with van der Waals surface area (Å²) in [5, 5.41) is 9.96. The highest BCUT2D eigenvalue weighted by Gasteiger charge is 2.24. The fourth-order valence-corrected chi connectivity index (χ4v) is 5.42. The zero-order chi connectivity index (χ0) is 24.6. The number of nitriles is 1. The van der Waals surface area contributed by atoms with Gasteiger partial charge in [-0.25, -0.2) is 17.4 Å². The van der Waals surface area contributed by atoms with E-state index in [1.54, 1.807) is 55.9 Å². The third-order valence-corrected chi connectivity index (χ3v) is 7.58. The average molecular weight is 480 g/mol. The number of hydrogen-bond donors (Lipinski definition) is 0. The first-order chi connectivity index (χ1) is 16.9. The van der Waals surface area contributed by atoms with Crippen LogP contribution in [0.3, 0.4) is 0 Å². The van der Waals surface area contributed by atoms with Gasteiger partial charge in [0.2, 0.25) is 0 Å². The van der Waals surface area contributed by atoms with Crippen molar-refractivity contribution in [1.82, 2.24) is 8.96 Å². The van der Waals surface area contributed by atoms with Crippen molar-refractivity contribution in [3.8, 4) is 34.1 Å². The number of methoxy groups -OCH3 is 1. The van der Waals surface area contributed by atoms with Crippen molar-refractivity contribution < 1.29 is 13.2 Å². The Balaban J connectivity index is 1.80. The minimum atomic E-state index is -3.91. The predicted octanol–water partition coefficient (Wildman–Crippen LogP) is 5.80. The lowest BCUT2D eigenvalue weighted by Gasteiger charge is -2.08. The van der Waals surface area contributed by atoms with Gasteiger partial charge >= 0.3 is 0 Å². The molecule has 0 aliphatic carbocycles. The van der Waals surface area contributed by atoms with E-state index in [0.29, 0.717) is 27.9 Å². The second-order valence-electron chi connectivity index (χ2n) is 8.14. The van der Waals surface area contributed by atoms with Gasteiger partial charge in [-0.2, -0.15) is 5.26 Å². The van der Waals surface area contributed by atoms with Gasteiger partial charge in [0.15, 0.2) is 5.65 Å². The third kappa shape index (κ3) is 3.94. The van der Waals surface area contributed by atoms with Crippen LogP contribution in [-0.2, 0) is 10.0 Å². The standard InChI is InChI=1S/C28H21N3O3S/c1-19-10-12-23(13-11-19)35(32,33)31-18-26(24-8-3-4-9-27(24)34-2)25-15-22(17-30-28(25)31)21-7-5-6-20(14-21)16-29/h3-15,17-18H,1-2H3. The second-order valence-corrected chi connectivity index (χ2v) is 9.96. The SMILES string of the molecule is COc1ccccc1-c1cn(S(=O)(=O)c2ccc(C)cc2)c2ncc(-c3cccc(C#N)c3)cc12. The van der Waals surface area contributed by atoms with Crippen molar-refractivity contribution in [3.05, 3.63) is 102 Å². The first-order valence-corrected chi connectivity index (χ1v) is 12.3. The van der Waals surface area contributed by atoms with Crippen molar-refractivity contribution >= 4 is 21.1 Å². The molecule has 5 aromatic rings. The fraction of sp³-hybridized carbons (Fsp3) is 0.0714. The van der Waals surface area contributed by atoms with Crippen LogP contribution < -0.4 is 4.74 Å². The molecule has 2 aromatic heterocycles. The maximum absolute atomic E-state index is 13.7. The van der Waals surface area contributed by atoms with Crippen LogP contribution in [0.5, 0.6) is 5.75 Å². The van der Waals surface area contributed by atoms with Crippen molar-refractivity contribution in [1.29, 1.82) is 5.26 Å². The fourth-order valence-electron chi connectivity index (χ4n) is 4.09. The Kier molecular flexibility index (Phi) is 5.59. The van der Waals surface area contributed by atoms with Crippen LogP contribution in [0.1, 0.15) is 11.1 Å². The quantitative estimate of drug-likeness (QED) is 0.318. The molecule has 0 unspecified atom stereocenters. The summed E-state index contributed by atoms with van der Waals surface area (Å²) < 4.78 is 34.1. The Labute approximate surface area is 203 Å². The Morgan fingerprint density at radius 2 is 1.69 bits per heavy atom. The molecule has 35 heavy (non-hydrogen) atoms. The summed E-state index contributed by atoms with van der Waals surface area (Å²) in [5.41, 5.74) is 4.84. The zero-order valence-corrected chi connectivity index (χ0v) is 20.0. The molecule has 0 atom stereocenters. The van der Waals surface area contributed by atoms with Crippen LogP contribution in [0, 0.1) is 18.3 Å². The van der Waals surface area contributed by atoms with Crippen molar-refractivity contribution in [3.63, 3.8) is 0 Å². The molecular formula is C28H21N3O3S. The molecule has 0 radical (unpaired) electrons. The summed E-state index contributed by atoms with van der Waals surface area (Å²) in [6, 6.07) is 25.5. The summed E-state index contributed by atoms with van der Waals surface area (Å²) in [5.74, 6) is 0.621. The van der Waals surface area contributed by atoms with Crippen LogP contribution in [0.25, 0.3) is 33.3 Å². The molecular weight excluding hydrogens is 458 g/mol. The first kappa shape index (κ1) is 22.4. The Hall–Kier alpha value is -4.41. The largest absolute Gasteiger partial charge is 0.496 e. The number of ether oxygens (including phenoxy) is 1. The van der Waals surface area contributed by atoms with Gasteiger partial charge in [0.25, 0.3) is 10.0 Å². The zero-order valence-electron chi connectivity index (χ0n) is 19.1. The lowest BCUT2D eigenvalue weighted by atomic mass is 10.0. The molecule has 0 aliphatic heterocycles. The van der Waals surface area contributed by atoms with E-state index in [0.717, 1.165) is 22.3 Å². The number of para-hydroxylation sites is 1. The van der Waals surface area contributed by atoms with Gasteiger partial charge in [-0.1, -0.05) is 48.0 Å². The molecule has 2 heterocycles. The minimum Gasteiger partial charge on any atom is -0.496 e. The second kappa shape index (κ2) is 8.75. The lowest BCUT2D eigenvalue weighted by molar-refractivity contribution is 0.416. The van der Waals surface area contributed by atoms with E-state index in [4.69, 9.17) is 4.74 Å². The Morgan fingerprint density at radius 1 is 0.914 bits per heavy atom. The number of rotatable bonds is 5. The molecule has 0 spiro atoms. The molecule has 0 amide bonds. The van der Waals surface area contributed by atoms with Crippen LogP contribution in [0.4, 0.5) is 0 Å². The number of nitrogens with zero attached hydrogens (tertiary/aromatic N) is 3. The van der Waals surface area contributed by atoms with E-state index in [9.17, 15) is 13.7 Å². The molecule has 7 heteroatoms. The topological polar surface area (TPSA) is 85.0 Å². The van der Waals surface area contributed by atoms with Crippen LogP contribution in [-0.4, -0.2) is 24.5 Å². The van der Waals surface area contributed by atoms with Gasteiger partial charge < -0.3 is 4.74 Å². The van der Waals surface area contributed by atoms with Gasteiger partial charge in [-0.15, -0.1) is 0 Å². The van der Waals surface area contributed by atoms with E-state index in [1.807, 2.05) is 49.4 Å². The molecule has 172 valence electrons. The number of aromatic nitrogens is 2. The first-order valence-electron chi connectivity index (χ1n) is 10.9. The van der Waals surface area contributed by atoms with Gasteiger partial charge in [0.05, 0.1) is 23.6 Å². The molecule has 0 bridgehead atoms. The van der Waals surface area contributed by atoms with Crippen molar-refractivity contribution in [2.24, 2.45) is 0 Å². The van der Waals surface area contributed by atoms with E-state index in [-0.39, 0.29) is 4.90 Å². The summed E-state index contributed by atoms with van der Waals surface area (Å²) in [6.07, 6.45) is 3.23. The van der Waals surface area contributed by atoms with E-state index in [2.05, 4.69) is 11.1 Å². The normalized spacial score (nSPS) is 11.3. The predicted molar refractivity (Wildman–Crippen MR) is 136 cm³/mol. The Morgan fingerprint density at radius 3 is 2.43 bits per heavy atom. The molecule has 6 nitrogen and oxygen atoms in total. The molecule has 0 aliphatic rings. The van der Waals surface area contributed by atoms with Crippen LogP contribution in [0.15, 0.2) is 96.2 Å². The molecule has 0 N–H and O–H groups in total. The molecule has 5 rings (SSSR count). The average Bonchev–Trinajstić information content (AvgIpc) is 3.28. The highest BCUT2D eigenvalue weighted by molar-refractivity contribution is 7.90. The third-order valence-electron chi connectivity index (χ3n) is 5.91. The van der Waals surface area contributed by atoms with E-state index < -0.39 is 10.0 Å². The van der Waals surface area contributed by atoms with E-state index in [1.165, 1.54) is 3.97 Å². The van der Waals surface area contributed by atoms with E-state index >= 15 is 0 Å². The highest BCUT2D eigenvalue weighted by Crippen LogP contribution is 2.38. The smallest absolute Gasteiger partial charge is 0.269 e. The van der Waals surface area contributed by atoms with Gasteiger partial charge in [-0.3, -0.25) is 0 Å². The van der Waals surface area contributed by atoms with Crippen LogP contribution in [0.2, 0.25) is 0 Å². The summed E-state index contributed by atoms with van der Waals surface area (Å²) >= 11 is 0. The van der Waals surface area contributed by atoms with Crippen molar-refractivity contribution in [2.75, 3.05) is 7.11 Å². The maximum Gasteiger partial charge on any atom is 0.269 e. The number of hydrogen-bond acceptors (Lipinski definition) is 5. The summed E-state index contributed by atoms with van der Waals surface area (Å²) in [4.78, 5) is 4.76. The summed E-state index contributed by atoms with van der Waals surface area (Å²) in [7, 11) is -2.33. The van der Waals surface area contributed by atoms with Crippen molar-refractivity contribution in [2.45, 2.75) is 11.8 Å². The molecule has 0 fully saturated rings. The molecule has 0 saturated heterocycles. The molecule has 0 saturated carbocycles. The minimum absolute atomic E-state index is 0.180. The number of benzene rings is 3. The lowest BCUT2D eigenvalue weighted by Crippen LogP contribution is -2.12. The summed E-state index contributed by atoms with van der Waals surface area (Å²) in [6.45, 7) is 1.91. The van der Waals surface area contributed by atoms with Gasteiger partial charge in [0, 0.05) is 34.5 Å². The number of fused-ring (bicyclic) bond motifs is 1. The number of aryl methyl sites for hydroxylation is 1.